The summed E-state index contributed by atoms with van der Waals surface area (Å²) in [6.07, 6.45) is 13.2. The van der Waals surface area contributed by atoms with Crippen molar-refractivity contribution in [3.05, 3.63) is 0 Å². The molecular weight excluding hydrogens is 200 g/mol. The van der Waals surface area contributed by atoms with Crippen LogP contribution in [0.25, 0.3) is 0 Å². The SMILES string of the molecule is CCCCCCCC1(O[C]=O)CCCCC1. The van der Waals surface area contributed by atoms with E-state index in [1.54, 1.807) is 6.47 Å². The Hall–Kier alpha value is -0.530. The van der Waals surface area contributed by atoms with Crippen molar-refractivity contribution in [2.75, 3.05) is 0 Å². The minimum absolute atomic E-state index is 0.147. The molecule has 0 N–H and O–H groups in total. The van der Waals surface area contributed by atoms with E-state index < -0.39 is 0 Å². The van der Waals surface area contributed by atoms with Gasteiger partial charge in [0, 0.05) is 0 Å². The minimum atomic E-state index is -0.147. The molecule has 2 heteroatoms. The molecule has 0 aromatic rings. The molecule has 1 aliphatic carbocycles. The standard InChI is InChI=1S/C14H25O2/c1-2-3-4-5-7-10-14(16-13-15)11-8-6-9-12-14/h2-12H2,1H3. The Morgan fingerprint density at radius 2 is 1.75 bits per heavy atom. The highest BCUT2D eigenvalue weighted by Crippen LogP contribution is 2.35. The Bertz CT molecular complexity index is 183. The first-order valence-corrected chi connectivity index (χ1v) is 6.88. The van der Waals surface area contributed by atoms with Crippen LogP contribution in [0.4, 0.5) is 0 Å². The fraction of sp³-hybridized carbons (Fsp3) is 0.929. The van der Waals surface area contributed by atoms with Crippen LogP contribution >= 0.6 is 0 Å². The van der Waals surface area contributed by atoms with Crippen molar-refractivity contribution in [1.82, 2.24) is 0 Å². The van der Waals surface area contributed by atoms with Gasteiger partial charge in [0.2, 0.25) is 0 Å². The van der Waals surface area contributed by atoms with Crippen molar-refractivity contribution in [2.24, 2.45) is 0 Å². The number of carbonyl (C=O) groups excluding carboxylic acids is 1. The third-order valence-electron chi connectivity index (χ3n) is 3.76. The summed E-state index contributed by atoms with van der Waals surface area (Å²) < 4.78 is 5.27. The molecule has 0 aromatic heterocycles. The van der Waals surface area contributed by atoms with Crippen LogP contribution in [-0.2, 0) is 9.53 Å². The summed E-state index contributed by atoms with van der Waals surface area (Å²) in [5.41, 5.74) is -0.147. The Labute approximate surface area is 99.8 Å². The van der Waals surface area contributed by atoms with Crippen LogP contribution in [0.5, 0.6) is 0 Å². The second-order valence-corrected chi connectivity index (χ2v) is 5.09. The lowest BCUT2D eigenvalue weighted by molar-refractivity contribution is 0.00513. The van der Waals surface area contributed by atoms with E-state index in [9.17, 15) is 4.79 Å². The molecule has 0 unspecified atom stereocenters. The highest BCUT2D eigenvalue weighted by atomic mass is 16.5. The molecule has 0 spiro atoms. The van der Waals surface area contributed by atoms with E-state index in [0.717, 1.165) is 19.3 Å². The molecule has 2 nitrogen and oxygen atoms in total. The minimum Gasteiger partial charge on any atom is -0.451 e. The summed E-state index contributed by atoms with van der Waals surface area (Å²) in [4.78, 5) is 10.5. The van der Waals surface area contributed by atoms with Gasteiger partial charge in [0.15, 0.2) is 0 Å². The number of hydrogen-bond donors (Lipinski definition) is 0. The number of hydrogen-bond acceptors (Lipinski definition) is 2. The molecule has 0 saturated heterocycles. The van der Waals surface area contributed by atoms with E-state index in [4.69, 9.17) is 4.74 Å². The topological polar surface area (TPSA) is 26.3 Å². The summed E-state index contributed by atoms with van der Waals surface area (Å²) in [5, 5.41) is 0. The van der Waals surface area contributed by atoms with Gasteiger partial charge in [-0.2, -0.15) is 0 Å². The van der Waals surface area contributed by atoms with E-state index in [0.29, 0.717) is 0 Å². The van der Waals surface area contributed by atoms with Crippen LogP contribution in [0.2, 0.25) is 0 Å². The molecule has 1 rings (SSSR count). The maximum absolute atomic E-state index is 10.5. The van der Waals surface area contributed by atoms with E-state index in [1.165, 1.54) is 51.4 Å². The number of rotatable bonds is 8. The molecule has 0 amide bonds. The zero-order chi connectivity index (χ0) is 11.7. The van der Waals surface area contributed by atoms with Crippen molar-refractivity contribution in [1.29, 1.82) is 0 Å². The fourth-order valence-electron chi connectivity index (χ4n) is 2.74. The number of ether oxygens (including phenoxy) is 1. The van der Waals surface area contributed by atoms with Gasteiger partial charge >= 0.3 is 6.47 Å². The van der Waals surface area contributed by atoms with Gasteiger partial charge in [-0.1, -0.05) is 39.0 Å². The van der Waals surface area contributed by atoms with Crippen molar-refractivity contribution in [2.45, 2.75) is 83.2 Å². The molecule has 0 atom stereocenters. The summed E-state index contributed by atoms with van der Waals surface area (Å²) in [5.74, 6) is 0. The second-order valence-electron chi connectivity index (χ2n) is 5.09. The molecule has 16 heavy (non-hydrogen) atoms. The van der Waals surface area contributed by atoms with Crippen LogP contribution in [0, 0.1) is 0 Å². The van der Waals surface area contributed by atoms with Gasteiger partial charge < -0.3 is 4.74 Å². The lowest BCUT2D eigenvalue weighted by atomic mass is 9.81. The van der Waals surface area contributed by atoms with Gasteiger partial charge in [-0.3, -0.25) is 0 Å². The molecule has 1 fully saturated rings. The summed E-state index contributed by atoms with van der Waals surface area (Å²) >= 11 is 0. The first-order valence-electron chi connectivity index (χ1n) is 6.88. The molecular formula is C14H25O2. The van der Waals surface area contributed by atoms with Crippen LogP contribution in [-0.4, -0.2) is 12.1 Å². The van der Waals surface area contributed by atoms with Crippen molar-refractivity contribution < 1.29 is 9.53 Å². The molecule has 1 radical (unpaired) electrons. The first kappa shape index (κ1) is 13.5. The van der Waals surface area contributed by atoms with Crippen molar-refractivity contribution in [3.8, 4) is 0 Å². The lowest BCUT2D eigenvalue weighted by Crippen LogP contribution is -2.34. The maximum Gasteiger partial charge on any atom is 0.418 e. The third kappa shape index (κ3) is 4.54. The average Bonchev–Trinajstić information content (AvgIpc) is 2.30. The molecule has 1 saturated carbocycles. The van der Waals surface area contributed by atoms with Gasteiger partial charge in [0.25, 0.3) is 0 Å². The maximum atomic E-state index is 10.5. The summed E-state index contributed by atoms with van der Waals surface area (Å²) in [6.45, 7) is 3.91. The molecule has 0 aromatic carbocycles. The largest absolute Gasteiger partial charge is 0.451 e. The lowest BCUT2D eigenvalue weighted by Gasteiger charge is -2.35. The van der Waals surface area contributed by atoms with Crippen LogP contribution in [0.3, 0.4) is 0 Å². The van der Waals surface area contributed by atoms with Gasteiger partial charge in [0.05, 0.1) is 0 Å². The fourth-order valence-corrected chi connectivity index (χ4v) is 2.74. The molecule has 0 heterocycles. The Balaban J connectivity index is 2.24. The predicted octanol–water partition coefficient (Wildman–Crippen LogP) is 4.13. The second kappa shape index (κ2) is 7.70. The zero-order valence-corrected chi connectivity index (χ0v) is 10.6. The van der Waals surface area contributed by atoms with Gasteiger partial charge in [-0.25, -0.2) is 4.79 Å². The Morgan fingerprint density at radius 3 is 2.38 bits per heavy atom. The normalized spacial score (nSPS) is 19.3. The quantitative estimate of drug-likeness (QED) is 0.580. The monoisotopic (exact) mass is 225 g/mol. The van der Waals surface area contributed by atoms with Crippen LogP contribution < -0.4 is 0 Å². The van der Waals surface area contributed by atoms with Gasteiger partial charge in [-0.15, -0.1) is 0 Å². The molecule has 1 aliphatic rings. The first-order chi connectivity index (χ1) is 7.83. The molecule has 0 aliphatic heterocycles. The van der Waals surface area contributed by atoms with Crippen LogP contribution in [0.15, 0.2) is 0 Å². The summed E-state index contributed by atoms with van der Waals surface area (Å²) in [7, 11) is 0. The Morgan fingerprint density at radius 1 is 1.06 bits per heavy atom. The van der Waals surface area contributed by atoms with E-state index in [1.807, 2.05) is 0 Å². The summed E-state index contributed by atoms with van der Waals surface area (Å²) in [6, 6.07) is 0. The highest BCUT2D eigenvalue weighted by Gasteiger charge is 2.33. The average molecular weight is 225 g/mol. The van der Waals surface area contributed by atoms with Crippen LogP contribution in [0.1, 0.15) is 77.6 Å². The molecule has 0 bridgehead atoms. The Kier molecular flexibility index (Phi) is 6.51. The van der Waals surface area contributed by atoms with E-state index in [-0.39, 0.29) is 5.60 Å². The zero-order valence-electron chi connectivity index (χ0n) is 10.6. The predicted molar refractivity (Wildman–Crippen MR) is 66.0 cm³/mol. The third-order valence-corrected chi connectivity index (χ3v) is 3.76. The molecule has 93 valence electrons. The van der Waals surface area contributed by atoms with E-state index in [2.05, 4.69) is 6.92 Å². The number of unbranched alkanes of at least 4 members (excludes halogenated alkanes) is 4. The van der Waals surface area contributed by atoms with Crippen molar-refractivity contribution >= 4 is 6.47 Å². The highest BCUT2D eigenvalue weighted by molar-refractivity contribution is 5.39. The van der Waals surface area contributed by atoms with Gasteiger partial charge in [-0.05, 0) is 38.5 Å². The van der Waals surface area contributed by atoms with Crippen molar-refractivity contribution in [3.63, 3.8) is 0 Å². The van der Waals surface area contributed by atoms with Gasteiger partial charge in [0.1, 0.15) is 5.60 Å². The smallest absolute Gasteiger partial charge is 0.418 e. The van der Waals surface area contributed by atoms with E-state index >= 15 is 0 Å².